The van der Waals surface area contributed by atoms with E-state index in [-0.39, 0.29) is 11.2 Å². The lowest BCUT2D eigenvalue weighted by molar-refractivity contribution is -0.114. The molecule has 0 bridgehead atoms. The van der Waals surface area contributed by atoms with Gasteiger partial charge in [0.25, 0.3) is 0 Å². The molecule has 1 amide bonds. The average Bonchev–Trinajstić information content (AvgIpc) is 2.46. The van der Waals surface area contributed by atoms with Gasteiger partial charge in [-0.25, -0.2) is 4.99 Å². The van der Waals surface area contributed by atoms with Crippen molar-refractivity contribution in [2.24, 2.45) is 4.99 Å². The highest BCUT2D eigenvalue weighted by Gasteiger charge is 2.35. The molecule has 1 atom stereocenters. The van der Waals surface area contributed by atoms with E-state index >= 15 is 0 Å². The Bertz CT molecular complexity index is 724. The number of rotatable bonds is 0. The van der Waals surface area contributed by atoms with Crippen molar-refractivity contribution >= 4 is 34.8 Å². The molecule has 2 aromatic rings. The minimum Gasteiger partial charge on any atom is -0.324 e. The van der Waals surface area contributed by atoms with Gasteiger partial charge in [0, 0.05) is 16.1 Å². The van der Waals surface area contributed by atoms with Crippen LogP contribution in [0, 0.1) is 0 Å². The maximum Gasteiger partial charge on any atom is 0.244 e. The van der Waals surface area contributed by atoms with Gasteiger partial charge in [-0.2, -0.15) is 0 Å². The van der Waals surface area contributed by atoms with Crippen molar-refractivity contribution in [3.05, 3.63) is 54.1 Å². The first-order valence-electron chi connectivity index (χ1n) is 6.07. The van der Waals surface area contributed by atoms with Crippen molar-refractivity contribution in [2.75, 3.05) is 5.32 Å². The fourth-order valence-corrected chi connectivity index (χ4v) is 3.52. The highest BCUT2D eigenvalue weighted by molar-refractivity contribution is 8.01. The minimum absolute atomic E-state index is 0.0111. The third-order valence-electron chi connectivity index (χ3n) is 3.30. The number of carbonyl (C=O) groups excluding carboxylic acids is 1. The van der Waals surface area contributed by atoms with Crippen LogP contribution >= 0.6 is 11.8 Å². The first kappa shape index (κ1) is 10.8. The van der Waals surface area contributed by atoms with E-state index in [9.17, 15) is 4.79 Å². The maximum atomic E-state index is 12.2. The minimum atomic E-state index is -0.246. The van der Waals surface area contributed by atoms with Crippen LogP contribution in [0.2, 0.25) is 0 Å². The van der Waals surface area contributed by atoms with Crippen molar-refractivity contribution in [3.8, 4) is 0 Å². The summed E-state index contributed by atoms with van der Waals surface area (Å²) in [4.78, 5) is 17.9. The Labute approximate surface area is 114 Å². The lowest BCUT2D eigenvalue weighted by Crippen LogP contribution is -2.39. The molecule has 0 saturated heterocycles. The molecule has 19 heavy (non-hydrogen) atoms. The van der Waals surface area contributed by atoms with E-state index in [1.54, 1.807) is 11.8 Å². The number of carbonyl (C=O) groups is 1. The Morgan fingerprint density at radius 1 is 1.05 bits per heavy atom. The van der Waals surface area contributed by atoms with E-state index in [4.69, 9.17) is 4.99 Å². The lowest BCUT2D eigenvalue weighted by Gasteiger charge is -2.29. The number of anilines is 1. The van der Waals surface area contributed by atoms with E-state index in [0.29, 0.717) is 0 Å². The van der Waals surface area contributed by atoms with E-state index in [1.807, 2.05) is 48.5 Å². The number of fused-ring (bicyclic) bond motifs is 4. The van der Waals surface area contributed by atoms with Crippen LogP contribution in [0.4, 0.5) is 11.4 Å². The Balaban J connectivity index is 1.96. The molecular formula is C15H10N2OS. The van der Waals surface area contributed by atoms with Crippen LogP contribution in [-0.4, -0.2) is 16.9 Å². The predicted octanol–water partition coefficient (Wildman–Crippen LogP) is 3.23. The molecule has 2 aliphatic heterocycles. The van der Waals surface area contributed by atoms with Crippen LogP contribution in [0.1, 0.15) is 5.56 Å². The Kier molecular flexibility index (Phi) is 2.26. The molecule has 1 unspecified atom stereocenters. The topological polar surface area (TPSA) is 41.5 Å². The second-order valence-electron chi connectivity index (χ2n) is 4.50. The summed E-state index contributed by atoms with van der Waals surface area (Å²) in [7, 11) is 0. The van der Waals surface area contributed by atoms with E-state index in [1.165, 1.54) is 0 Å². The molecule has 2 aliphatic rings. The van der Waals surface area contributed by atoms with Gasteiger partial charge in [-0.05, 0) is 18.2 Å². The molecule has 2 aromatic carbocycles. The number of amides is 1. The van der Waals surface area contributed by atoms with E-state index in [0.717, 1.165) is 27.5 Å². The van der Waals surface area contributed by atoms with Gasteiger partial charge in [0.2, 0.25) is 5.91 Å². The van der Waals surface area contributed by atoms with Crippen LogP contribution in [0.5, 0.6) is 0 Å². The van der Waals surface area contributed by atoms with Gasteiger partial charge >= 0.3 is 0 Å². The summed E-state index contributed by atoms with van der Waals surface area (Å²) >= 11 is 1.57. The van der Waals surface area contributed by atoms with E-state index < -0.39 is 0 Å². The first-order chi connectivity index (χ1) is 9.33. The van der Waals surface area contributed by atoms with Crippen molar-refractivity contribution in [1.29, 1.82) is 0 Å². The highest BCUT2D eigenvalue weighted by Crippen LogP contribution is 2.42. The van der Waals surface area contributed by atoms with Gasteiger partial charge in [-0.15, -0.1) is 11.8 Å². The van der Waals surface area contributed by atoms with E-state index in [2.05, 4.69) is 5.32 Å². The number of aliphatic imine (C=N–C) groups is 1. The SMILES string of the molecule is O=C1Nc2ccccc2C2=Nc3ccccc3SC12. The van der Waals surface area contributed by atoms with Gasteiger partial charge in [0.05, 0.1) is 11.4 Å². The zero-order chi connectivity index (χ0) is 12.8. The van der Waals surface area contributed by atoms with Crippen LogP contribution < -0.4 is 5.32 Å². The van der Waals surface area contributed by atoms with Gasteiger partial charge < -0.3 is 5.32 Å². The number of hydrogen-bond acceptors (Lipinski definition) is 3. The summed E-state index contributed by atoms with van der Waals surface area (Å²) < 4.78 is 0. The lowest BCUT2D eigenvalue weighted by atomic mass is 10.00. The number of thioether (sulfide) groups is 1. The molecule has 0 radical (unpaired) electrons. The van der Waals surface area contributed by atoms with Gasteiger partial charge in [0.15, 0.2) is 0 Å². The number of nitrogens with one attached hydrogen (secondary N) is 1. The molecule has 4 heteroatoms. The predicted molar refractivity (Wildman–Crippen MR) is 77.4 cm³/mol. The smallest absolute Gasteiger partial charge is 0.244 e. The van der Waals surface area contributed by atoms with Crippen molar-refractivity contribution in [1.82, 2.24) is 0 Å². The quantitative estimate of drug-likeness (QED) is 0.795. The van der Waals surface area contributed by atoms with Gasteiger partial charge in [0.1, 0.15) is 5.25 Å². The number of para-hydroxylation sites is 2. The summed E-state index contributed by atoms with van der Waals surface area (Å²) in [5.41, 5.74) is 3.68. The molecule has 1 N–H and O–H groups in total. The molecule has 0 aliphatic carbocycles. The second kappa shape index (κ2) is 3.96. The third-order valence-corrected chi connectivity index (χ3v) is 4.57. The zero-order valence-electron chi connectivity index (χ0n) is 9.96. The Hall–Kier alpha value is -2.07. The van der Waals surface area contributed by atoms with Crippen molar-refractivity contribution in [3.63, 3.8) is 0 Å². The summed E-state index contributed by atoms with van der Waals surface area (Å²) in [6.45, 7) is 0. The van der Waals surface area contributed by atoms with Crippen molar-refractivity contribution < 1.29 is 4.79 Å². The first-order valence-corrected chi connectivity index (χ1v) is 6.95. The fourth-order valence-electron chi connectivity index (χ4n) is 2.41. The zero-order valence-corrected chi connectivity index (χ0v) is 10.8. The average molecular weight is 266 g/mol. The maximum absolute atomic E-state index is 12.2. The van der Waals surface area contributed by atoms with Gasteiger partial charge in [-0.1, -0.05) is 30.3 Å². The number of benzene rings is 2. The summed E-state index contributed by atoms with van der Waals surface area (Å²) in [5, 5.41) is 2.70. The molecular weight excluding hydrogens is 256 g/mol. The largest absolute Gasteiger partial charge is 0.324 e. The van der Waals surface area contributed by atoms with Crippen LogP contribution in [-0.2, 0) is 4.79 Å². The Morgan fingerprint density at radius 2 is 1.84 bits per heavy atom. The second-order valence-corrected chi connectivity index (χ2v) is 5.64. The molecule has 2 heterocycles. The molecule has 4 rings (SSSR count). The van der Waals surface area contributed by atoms with Crippen LogP contribution in [0.3, 0.4) is 0 Å². The molecule has 3 nitrogen and oxygen atoms in total. The molecule has 0 spiro atoms. The highest BCUT2D eigenvalue weighted by atomic mass is 32.2. The van der Waals surface area contributed by atoms with Crippen molar-refractivity contribution in [2.45, 2.75) is 10.1 Å². The van der Waals surface area contributed by atoms with Crippen LogP contribution in [0.25, 0.3) is 0 Å². The third kappa shape index (κ3) is 1.60. The molecule has 92 valence electrons. The molecule has 0 fully saturated rings. The summed E-state index contributed by atoms with van der Waals surface area (Å²) in [6.07, 6.45) is 0. The monoisotopic (exact) mass is 266 g/mol. The van der Waals surface area contributed by atoms with Crippen LogP contribution in [0.15, 0.2) is 58.4 Å². The fraction of sp³-hybridized carbons (Fsp3) is 0.0667. The summed E-state index contributed by atoms with van der Waals surface area (Å²) in [5.74, 6) is 0.0111. The summed E-state index contributed by atoms with van der Waals surface area (Å²) in [6, 6.07) is 15.8. The number of nitrogens with zero attached hydrogens (tertiary/aromatic N) is 1. The van der Waals surface area contributed by atoms with Gasteiger partial charge in [-0.3, -0.25) is 4.79 Å². The molecule has 0 saturated carbocycles. The number of hydrogen-bond donors (Lipinski definition) is 1. The normalized spacial score (nSPS) is 19.7. The molecule has 0 aromatic heterocycles. The Morgan fingerprint density at radius 3 is 2.79 bits per heavy atom. The standard InChI is InChI=1S/C15H10N2OS/c18-15-14-13(9-5-1-2-6-10(9)17-15)16-11-7-3-4-8-12(11)19-14/h1-8,14H,(H,17,18).